The van der Waals surface area contributed by atoms with Crippen molar-refractivity contribution in [3.8, 4) is 0 Å². The smallest absolute Gasteiger partial charge is 0.326 e. The van der Waals surface area contributed by atoms with Gasteiger partial charge in [0.15, 0.2) is 0 Å². The summed E-state index contributed by atoms with van der Waals surface area (Å²) in [5.41, 5.74) is -1.16. The van der Waals surface area contributed by atoms with Crippen molar-refractivity contribution in [3.05, 3.63) is 12.2 Å². The molecule has 13 nitrogen and oxygen atoms in total. The van der Waals surface area contributed by atoms with E-state index in [4.69, 9.17) is 9.47 Å². The molecule has 2 bridgehead atoms. The fourth-order valence-corrected chi connectivity index (χ4v) is 6.05. The number of allylic oxidation sites excluding steroid dienone is 1. The molecule has 216 valence electrons. The van der Waals surface area contributed by atoms with E-state index in [1.807, 2.05) is 0 Å². The Balaban J connectivity index is 1.86. The molecule has 5 N–H and O–H groups in total. The van der Waals surface area contributed by atoms with Crippen molar-refractivity contribution >= 4 is 57.1 Å². The minimum atomic E-state index is -1.16. The molecule has 5 amide bonds. The summed E-state index contributed by atoms with van der Waals surface area (Å²) in [4.78, 5) is 77.0. The van der Waals surface area contributed by atoms with Crippen LogP contribution in [0, 0.1) is 0 Å². The van der Waals surface area contributed by atoms with E-state index in [9.17, 15) is 28.8 Å². The summed E-state index contributed by atoms with van der Waals surface area (Å²) in [5.74, 6) is -2.46. The van der Waals surface area contributed by atoms with Crippen molar-refractivity contribution in [1.82, 2.24) is 26.6 Å². The third kappa shape index (κ3) is 10.0. The van der Waals surface area contributed by atoms with Crippen LogP contribution >= 0.6 is 21.6 Å². The van der Waals surface area contributed by atoms with E-state index in [-0.39, 0.29) is 30.9 Å². The number of nitrogens with one attached hydrogen (secondary N) is 5. The number of hydrogen-bond acceptors (Lipinski definition) is 10. The average molecular weight is 586 g/mol. The first-order valence-corrected chi connectivity index (χ1v) is 15.3. The molecule has 2 aliphatic heterocycles. The summed E-state index contributed by atoms with van der Waals surface area (Å²) in [5, 5.41) is 13.2. The van der Waals surface area contributed by atoms with Gasteiger partial charge >= 0.3 is 5.97 Å². The van der Waals surface area contributed by atoms with Crippen molar-refractivity contribution in [1.29, 1.82) is 0 Å². The van der Waals surface area contributed by atoms with Crippen molar-refractivity contribution in [2.45, 2.75) is 62.3 Å². The molecule has 2 fully saturated rings. The van der Waals surface area contributed by atoms with Crippen LogP contribution in [0.2, 0.25) is 0 Å². The molecule has 3 rings (SSSR count). The molecule has 1 saturated carbocycles. The number of hydrogen-bond donors (Lipinski definition) is 5. The van der Waals surface area contributed by atoms with E-state index >= 15 is 0 Å². The lowest BCUT2D eigenvalue weighted by Crippen LogP contribution is -2.59. The molecule has 0 aromatic heterocycles. The van der Waals surface area contributed by atoms with Crippen LogP contribution < -0.4 is 26.6 Å². The highest BCUT2D eigenvalue weighted by atomic mass is 33.1. The largest absolute Gasteiger partial charge is 0.456 e. The Morgan fingerprint density at radius 2 is 1.95 bits per heavy atom. The molecule has 0 aromatic carbocycles. The van der Waals surface area contributed by atoms with Gasteiger partial charge in [0.1, 0.15) is 30.3 Å². The maximum absolute atomic E-state index is 13.3. The zero-order valence-corrected chi connectivity index (χ0v) is 23.4. The van der Waals surface area contributed by atoms with Crippen LogP contribution in [0.5, 0.6) is 0 Å². The van der Waals surface area contributed by atoms with Crippen molar-refractivity contribution in [2.24, 2.45) is 0 Å². The number of fused-ring (bicyclic) bond motifs is 7. The van der Waals surface area contributed by atoms with Gasteiger partial charge in [-0.05, 0) is 31.8 Å². The molecule has 1 aliphatic carbocycles. The van der Waals surface area contributed by atoms with Gasteiger partial charge in [0, 0.05) is 31.6 Å². The number of amides is 5. The Bertz CT molecular complexity index is 974. The lowest BCUT2D eigenvalue weighted by molar-refractivity contribution is -0.148. The predicted molar refractivity (Wildman–Crippen MR) is 144 cm³/mol. The second-order valence-electron chi connectivity index (χ2n) is 9.37. The highest BCUT2D eigenvalue weighted by Gasteiger charge is 2.52. The second-order valence-corrected chi connectivity index (χ2v) is 12.0. The predicted octanol–water partition coefficient (Wildman–Crippen LogP) is -1.08. The van der Waals surface area contributed by atoms with Gasteiger partial charge in [-0.25, -0.2) is 0 Å². The van der Waals surface area contributed by atoms with E-state index in [0.717, 1.165) is 0 Å². The zero-order valence-electron chi connectivity index (χ0n) is 21.7. The standard InChI is InChI=1S/C24H35N5O8S2/c1-36-10-9-25-18(30)6-5-16-21(33)28-17-14-39-38-11-3-2-4-15(12-19(31)27-16)37-20(32)13-26-23(35)24(7-8-24)29-22(17)34/h2,4,15-17H,3,5-14H2,1H3,(H,25,30)(H,26,35)(H,27,31)(H,28,33)(H,29,34)/b4-2+/t15-,16-,17-/m1/s1. The minimum absolute atomic E-state index is 0.0285. The van der Waals surface area contributed by atoms with Gasteiger partial charge in [0.05, 0.1) is 13.0 Å². The van der Waals surface area contributed by atoms with Crippen LogP contribution in [-0.2, 0) is 38.2 Å². The first kappa shape index (κ1) is 30.8. The molecule has 2 heterocycles. The van der Waals surface area contributed by atoms with E-state index in [1.54, 1.807) is 12.2 Å². The summed E-state index contributed by atoms with van der Waals surface area (Å²) >= 11 is 0. The van der Waals surface area contributed by atoms with Crippen molar-refractivity contribution < 1.29 is 38.2 Å². The molecule has 1 saturated heterocycles. The summed E-state index contributed by atoms with van der Waals surface area (Å²) in [6, 6.07) is -2.13. The van der Waals surface area contributed by atoms with E-state index in [1.165, 1.54) is 28.7 Å². The molecule has 39 heavy (non-hydrogen) atoms. The topological polar surface area (TPSA) is 181 Å². The summed E-state index contributed by atoms with van der Waals surface area (Å²) in [6.45, 7) is 0.200. The van der Waals surface area contributed by atoms with Crippen molar-refractivity contribution in [2.75, 3.05) is 38.3 Å². The van der Waals surface area contributed by atoms with Gasteiger partial charge in [0.2, 0.25) is 29.5 Å². The van der Waals surface area contributed by atoms with Gasteiger partial charge in [-0.2, -0.15) is 0 Å². The van der Waals surface area contributed by atoms with E-state index < -0.39 is 59.9 Å². The first-order valence-electron chi connectivity index (χ1n) is 12.8. The fourth-order valence-electron chi connectivity index (χ4n) is 3.89. The number of ether oxygens (including phenoxy) is 2. The Labute approximate surface area is 234 Å². The Kier molecular flexibility index (Phi) is 11.9. The normalized spacial score (nSPS) is 27.2. The van der Waals surface area contributed by atoms with E-state index in [0.29, 0.717) is 38.2 Å². The fraction of sp³-hybridized carbons (Fsp3) is 0.667. The van der Waals surface area contributed by atoms with Crippen LogP contribution in [0.4, 0.5) is 0 Å². The Morgan fingerprint density at radius 1 is 1.15 bits per heavy atom. The lowest BCUT2D eigenvalue weighted by Gasteiger charge is -2.26. The Morgan fingerprint density at radius 3 is 2.69 bits per heavy atom. The van der Waals surface area contributed by atoms with Crippen molar-refractivity contribution in [3.63, 3.8) is 0 Å². The Hall–Kier alpha value is -2.78. The van der Waals surface area contributed by atoms with Crippen LogP contribution in [-0.4, -0.2) is 97.5 Å². The van der Waals surface area contributed by atoms with Gasteiger partial charge in [-0.15, -0.1) is 0 Å². The molecule has 1 spiro atoms. The maximum atomic E-state index is 13.3. The van der Waals surface area contributed by atoms with Gasteiger partial charge in [0.25, 0.3) is 0 Å². The third-order valence-corrected chi connectivity index (χ3v) is 8.67. The zero-order chi connectivity index (χ0) is 28.3. The van der Waals surface area contributed by atoms with Crippen LogP contribution in [0.3, 0.4) is 0 Å². The highest BCUT2D eigenvalue weighted by molar-refractivity contribution is 8.76. The molecule has 3 atom stereocenters. The molecule has 0 aromatic rings. The number of carbonyl (C=O) groups is 6. The highest BCUT2D eigenvalue weighted by Crippen LogP contribution is 2.36. The van der Waals surface area contributed by atoms with Gasteiger partial charge in [-0.1, -0.05) is 27.7 Å². The summed E-state index contributed by atoms with van der Waals surface area (Å²) in [6.07, 6.45) is 3.53. The van der Waals surface area contributed by atoms with E-state index in [2.05, 4.69) is 26.6 Å². The first-order chi connectivity index (χ1) is 18.7. The number of carbonyl (C=O) groups excluding carboxylic acids is 6. The molecule has 3 aliphatic rings. The minimum Gasteiger partial charge on any atom is -0.456 e. The number of esters is 1. The SMILES string of the molecule is COCCNC(=O)CC[C@H]1NC(=O)C[C@H]2/C=C/CCSSC[C@@H](NC1=O)C(=O)NC1(CC1)C(=O)NCC(=O)O2. The monoisotopic (exact) mass is 585 g/mol. The lowest BCUT2D eigenvalue weighted by atomic mass is 10.1. The quantitative estimate of drug-likeness (QED) is 0.111. The molecular weight excluding hydrogens is 550 g/mol. The summed E-state index contributed by atoms with van der Waals surface area (Å²) < 4.78 is 10.3. The molecule has 15 heteroatoms. The van der Waals surface area contributed by atoms with Crippen LogP contribution in [0.1, 0.15) is 38.5 Å². The van der Waals surface area contributed by atoms with Gasteiger partial charge in [-0.3, -0.25) is 28.8 Å². The number of methoxy groups -OCH3 is 1. The maximum Gasteiger partial charge on any atom is 0.326 e. The second kappa shape index (κ2) is 15.1. The van der Waals surface area contributed by atoms with Crippen LogP contribution in [0.15, 0.2) is 12.2 Å². The molecular formula is C24H35N5O8S2. The molecule has 0 unspecified atom stereocenters. The van der Waals surface area contributed by atoms with Crippen LogP contribution in [0.25, 0.3) is 0 Å². The third-order valence-electron chi connectivity index (χ3n) is 6.22. The van der Waals surface area contributed by atoms with Gasteiger partial charge < -0.3 is 36.1 Å². The molecule has 0 radical (unpaired) electrons. The summed E-state index contributed by atoms with van der Waals surface area (Å²) in [7, 11) is 4.40. The number of rotatable bonds is 6. The average Bonchev–Trinajstić information content (AvgIpc) is 3.67.